The van der Waals surface area contributed by atoms with Crippen molar-refractivity contribution in [2.75, 3.05) is 21.1 Å². The van der Waals surface area contributed by atoms with Crippen LogP contribution in [0.3, 0.4) is 0 Å². The van der Waals surface area contributed by atoms with Gasteiger partial charge in [-0.3, -0.25) is 0 Å². The highest BCUT2D eigenvalue weighted by molar-refractivity contribution is 5.68. The maximum atomic E-state index is 11.9. The van der Waals surface area contributed by atoms with Crippen molar-refractivity contribution in [3.05, 3.63) is 0 Å². The van der Waals surface area contributed by atoms with Gasteiger partial charge in [-0.25, -0.2) is 4.79 Å². The molecule has 0 bridgehead atoms. The van der Waals surface area contributed by atoms with Crippen LogP contribution in [0.2, 0.25) is 0 Å². The fraction of sp³-hybridized carbons (Fsp3) is 0.929. The third-order valence-electron chi connectivity index (χ3n) is 3.43. The van der Waals surface area contributed by atoms with Gasteiger partial charge < -0.3 is 14.5 Å². The van der Waals surface area contributed by atoms with Crippen LogP contribution in [-0.4, -0.2) is 49.4 Å². The highest BCUT2D eigenvalue weighted by Crippen LogP contribution is 2.25. The van der Waals surface area contributed by atoms with Crippen molar-refractivity contribution in [3.8, 4) is 0 Å². The standard InChI is InChI=1S/C14H28N2O2/c1-14(2,3)18-13(17)15-11-9-7-8-10-12(11)16(4,5)6/h11-12H,7-10H2,1-6H3/p+1. The van der Waals surface area contributed by atoms with Crippen LogP contribution in [0, 0.1) is 0 Å². The lowest BCUT2D eigenvalue weighted by molar-refractivity contribution is -0.898. The van der Waals surface area contributed by atoms with E-state index in [9.17, 15) is 4.79 Å². The third-order valence-corrected chi connectivity index (χ3v) is 3.43. The third kappa shape index (κ3) is 4.84. The van der Waals surface area contributed by atoms with Crippen LogP contribution in [0.4, 0.5) is 4.79 Å². The Kier molecular flexibility index (Phi) is 4.65. The van der Waals surface area contributed by atoms with E-state index in [1.807, 2.05) is 20.8 Å². The summed E-state index contributed by atoms with van der Waals surface area (Å²) in [5.41, 5.74) is -0.426. The Hall–Kier alpha value is -0.770. The molecule has 0 aromatic heterocycles. The first kappa shape index (κ1) is 15.3. The number of carbonyl (C=O) groups is 1. The number of likely N-dealkylation sites (N-methyl/N-ethyl adjacent to an activating group) is 1. The molecule has 0 radical (unpaired) electrons. The van der Waals surface area contributed by atoms with Crippen LogP contribution < -0.4 is 5.32 Å². The lowest BCUT2D eigenvalue weighted by atomic mass is 9.88. The summed E-state index contributed by atoms with van der Waals surface area (Å²) in [4.78, 5) is 11.9. The summed E-state index contributed by atoms with van der Waals surface area (Å²) >= 11 is 0. The monoisotopic (exact) mass is 257 g/mol. The van der Waals surface area contributed by atoms with Gasteiger partial charge >= 0.3 is 6.09 Å². The van der Waals surface area contributed by atoms with Gasteiger partial charge in [-0.2, -0.15) is 0 Å². The van der Waals surface area contributed by atoms with Crippen LogP contribution >= 0.6 is 0 Å². The quantitative estimate of drug-likeness (QED) is 0.772. The average Bonchev–Trinajstić information content (AvgIpc) is 2.13. The molecule has 0 saturated heterocycles. The van der Waals surface area contributed by atoms with Gasteiger partial charge in [0.05, 0.1) is 27.2 Å². The molecule has 1 fully saturated rings. The summed E-state index contributed by atoms with van der Waals surface area (Å²) in [5, 5.41) is 3.06. The minimum Gasteiger partial charge on any atom is -0.444 e. The largest absolute Gasteiger partial charge is 0.444 e. The number of hydrogen-bond acceptors (Lipinski definition) is 2. The molecule has 2 atom stereocenters. The molecule has 1 rings (SSSR count). The molecule has 1 N–H and O–H groups in total. The lowest BCUT2D eigenvalue weighted by Gasteiger charge is -2.42. The molecule has 0 heterocycles. The van der Waals surface area contributed by atoms with Crippen molar-refractivity contribution in [1.29, 1.82) is 0 Å². The molecule has 2 unspecified atom stereocenters. The van der Waals surface area contributed by atoms with E-state index in [1.54, 1.807) is 0 Å². The Morgan fingerprint density at radius 3 is 2.22 bits per heavy atom. The SMILES string of the molecule is CC(C)(C)OC(=O)NC1CCCCC1[N+](C)(C)C. The van der Waals surface area contributed by atoms with E-state index in [0.29, 0.717) is 6.04 Å². The van der Waals surface area contributed by atoms with Gasteiger partial charge in [0.2, 0.25) is 0 Å². The molecule has 18 heavy (non-hydrogen) atoms. The molecule has 1 aliphatic carbocycles. The molecule has 1 saturated carbocycles. The first-order chi connectivity index (χ1) is 8.09. The molecule has 1 amide bonds. The number of quaternary nitrogens is 1. The predicted molar refractivity (Wildman–Crippen MR) is 73.4 cm³/mol. The van der Waals surface area contributed by atoms with Gasteiger partial charge in [0.25, 0.3) is 0 Å². The first-order valence-electron chi connectivity index (χ1n) is 6.90. The number of rotatable bonds is 2. The molecule has 0 aliphatic heterocycles. The fourth-order valence-electron chi connectivity index (χ4n) is 2.67. The smallest absolute Gasteiger partial charge is 0.408 e. The summed E-state index contributed by atoms with van der Waals surface area (Å²) < 4.78 is 6.23. The second-order valence-corrected chi connectivity index (χ2v) is 7.22. The maximum absolute atomic E-state index is 11.9. The van der Waals surface area contributed by atoms with Crippen molar-refractivity contribution in [3.63, 3.8) is 0 Å². The molecule has 4 heteroatoms. The zero-order valence-corrected chi connectivity index (χ0v) is 12.7. The summed E-state index contributed by atoms with van der Waals surface area (Å²) in [6.07, 6.45) is 4.39. The number of alkyl carbamates (subject to hydrolysis) is 1. The lowest BCUT2D eigenvalue weighted by Crippen LogP contribution is -2.58. The molecule has 0 aromatic carbocycles. The van der Waals surface area contributed by atoms with E-state index in [1.165, 1.54) is 19.3 Å². The number of carbonyl (C=O) groups excluding carboxylic acids is 1. The molecule has 0 aromatic rings. The second kappa shape index (κ2) is 5.47. The Labute approximate surface area is 111 Å². The van der Waals surface area contributed by atoms with Gasteiger partial charge in [0.1, 0.15) is 11.6 Å². The summed E-state index contributed by atoms with van der Waals surface area (Å²) in [7, 11) is 6.58. The topological polar surface area (TPSA) is 38.3 Å². The van der Waals surface area contributed by atoms with Crippen LogP contribution in [0.1, 0.15) is 46.5 Å². The highest BCUT2D eigenvalue weighted by atomic mass is 16.6. The number of amides is 1. The molecule has 106 valence electrons. The van der Waals surface area contributed by atoms with Gasteiger partial charge in [-0.15, -0.1) is 0 Å². The van der Waals surface area contributed by atoms with Crippen molar-refractivity contribution in [2.45, 2.75) is 64.1 Å². The maximum Gasteiger partial charge on any atom is 0.408 e. The van der Waals surface area contributed by atoms with Crippen LogP contribution in [0.25, 0.3) is 0 Å². The van der Waals surface area contributed by atoms with E-state index in [4.69, 9.17) is 4.74 Å². The zero-order valence-electron chi connectivity index (χ0n) is 12.7. The summed E-state index contributed by atoms with van der Waals surface area (Å²) in [5.74, 6) is 0. The number of ether oxygens (including phenoxy) is 1. The van der Waals surface area contributed by atoms with E-state index in [0.717, 1.165) is 10.9 Å². The Balaban J connectivity index is 2.60. The van der Waals surface area contributed by atoms with Gasteiger partial charge in [0.15, 0.2) is 0 Å². The fourth-order valence-corrected chi connectivity index (χ4v) is 2.67. The minimum atomic E-state index is -0.426. The van der Waals surface area contributed by atoms with E-state index in [2.05, 4.69) is 26.5 Å². The number of hydrogen-bond donors (Lipinski definition) is 1. The first-order valence-corrected chi connectivity index (χ1v) is 6.90. The van der Waals surface area contributed by atoms with E-state index in [-0.39, 0.29) is 12.1 Å². The van der Waals surface area contributed by atoms with Crippen molar-refractivity contribution in [2.24, 2.45) is 0 Å². The van der Waals surface area contributed by atoms with E-state index < -0.39 is 5.60 Å². The number of nitrogens with zero attached hydrogens (tertiary/aromatic N) is 1. The molecular formula is C14H29N2O2+. The Bertz CT molecular complexity index is 289. The Morgan fingerprint density at radius 1 is 1.17 bits per heavy atom. The second-order valence-electron chi connectivity index (χ2n) is 7.22. The van der Waals surface area contributed by atoms with Gasteiger partial charge in [-0.1, -0.05) is 6.42 Å². The van der Waals surface area contributed by atoms with Crippen molar-refractivity contribution >= 4 is 6.09 Å². The van der Waals surface area contributed by atoms with Crippen molar-refractivity contribution in [1.82, 2.24) is 5.32 Å². The molecule has 4 nitrogen and oxygen atoms in total. The predicted octanol–water partition coefficient (Wildman–Crippen LogP) is 2.53. The Morgan fingerprint density at radius 2 is 1.72 bits per heavy atom. The zero-order chi connectivity index (χ0) is 14.0. The van der Waals surface area contributed by atoms with Gasteiger partial charge in [-0.05, 0) is 33.6 Å². The van der Waals surface area contributed by atoms with Crippen LogP contribution in [-0.2, 0) is 4.74 Å². The number of nitrogens with one attached hydrogen (secondary N) is 1. The van der Waals surface area contributed by atoms with Crippen LogP contribution in [0.15, 0.2) is 0 Å². The molecular weight excluding hydrogens is 228 g/mol. The van der Waals surface area contributed by atoms with Crippen LogP contribution in [0.5, 0.6) is 0 Å². The molecule has 1 aliphatic rings. The summed E-state index contributed by atoms with van der Waals surface area (Å²) in [6.45, 7) is 5.68. The summed E-state index contributed by atoms with van der Waals surface area (Å²) in [6, 6.07) is 0.708. The minimum absolute atomic E-state index is 0.230. The van der Waals surface area contributed by atoms with Crippen molar-refractivity contribution < 1.29 is 14.0 Å². The normalized spacial score (nSPS) is 25.7. The average molecular weight is 257 g/mol. The van der Waals surface area contributed by atoms with E-state index >= 15 is 0 Å². The van der Waals surface area contributed by atoms with Gasteiger partial charge in [0, 0.05) is 6.42 Å². The molecule has 0 spiro atoms. The highest BCUT2D eigenvalue weighted by Gasteiger charge is 2.36.